The Labute approximate surface area is 115 Å². The standard InChI is InChI=1S/C16H24N2O/c1-2-6-14-9-10-18(12-14)16(19)15(17)11-13-7-4-3-5-8-13/h3-5,7-8,14-15H,2,6,9-12,17H2,1H3. The normalized spacial score (nSPS) is 20.5. The molecule has 19 heavy (non-hydrogen) atoms. The molecule has 104 valence electrons. The monoisotopic (exact) mass is 260 g/mol. The zero-order valence-electron chi connectivity index (χ0n) is 11.7. The maximum absolute atomic E-state index is 12.3. The van der Waals surface area contributed by atoms with E-state index in [2.05, 4.69) is 6.92 Å². The maximum atomic E-state index is 12.3. The minimum Gasteiger partial charge on any atom is -0.341 e. The summed E-state index contributed by atoms with van der Waals surface area (Å²) in [5.41, 5.74) is 7.19. The van der Waals surface area contributed by atoms with Crippen LogP contribution in [0.25, 0.3) is 0 Å². The van der Waals surface area contributed by atoms with Crippen LogP contribution in [0.4, 0.5) is 0 Å². The first kappa shape index (κ1) is 14.1. The largest absolute Gasteiger partial charge is 0.341 e. The summed E-state index contributed by atoms with van der Waals surface area (Å²) in [6, 6.07) is 9.60. The third-order valence-corrected chi connectivity index (χ3v) is 3.91. The van der Waals surface area contributed by atoms with Crippen molar-refractivity contribution in [2.24, 2.45) is 11.7 Å². The van der Waals surface area contributed by atoms with Crippen molar-refractivity contribution < 1.29 is 4.79 Å². The van der Waals surface area contributed by atoms with Gasteiger partial charge in [-0.3, -0.25) is 4.79 Å². The number of rotatable bonds is 5. The first-order valence-electron chi connectivity index (χ1n) is 7.29. The van der Waals surface area contributed by atoms with Crippen molar-refractivity contribution in [3.05, 3.63) is 35.9 Å². The maximum Gasteiger partial charge on any atom is 0.239 e. The average molecular weight is 260 g/mol. The Morgan fingerprint density at radius 3 is 2.84 bits per heavy atom. The van der Waals surface area contributed by atoms with Gasteiger partial charge in [0.05, 0.1) is 6.04 Å². The Kier molecular flexibility index (Phi) is 4.97. The molecule has 1 aliphatic rings. The van der Waals surface area contributed by atoms with Crippen molar-refractivity contribution in [1.82, 2.24) is 4.90 Å². The molecule has 0 bridgehead atoms. The molecule has 2 unspecified atom stereocenters. The predicted molar refractivity (Wildman–Crippen MR) is 77.7 cm³/mol. The van der Waals surface area contributed by atoms with Gasteiger partial charge < -0.3 is 10.6 Å². The molecule has 1 amide bonds. The third kappa shape index (κ3) is 3.80. The highest BCUT2D eigenvalue weighted by Crippen LogP contribution is 2.21. The molecule has 1 aromatic carbocycles. The molecule has 1 heterocycles. The van der Waals surface area contributed by atoms with Crippen LogP contribution < -0.4 is 5.73 Å². The SMILES string of the molecule is CCCC1CCN(C(=O)C(N)Cc2ccccc2)C1. The van der Waals surface area contributed by atoms with E-state index in [0.717, 1.165) is 25.1 Å². The molecule has 1 saturated heterocycles. The Bertz CT molecular complexity index is 404. The van der Waals surface area contributed by atoms with Gasteiger partial charge in [-0.05, 0) is 30.7 Å². The molecule has 0 saturated carbocycles. The number of hydrogen-bond donors (Lipinski definition) is 1. The number of benzene rings is 1. The fourth-order valence-corrected chi connectivity index (χ4v) is 2.87. The van der Waals surface area contributed by atoms with Gasteiger partial charge in [-0.2, -0.15) is 0 Å². The number of nitrogens with zero attached hydrogens (tertiary/aromatic N) is 1. The van der Waals surface area contributed by atoms with Crippen LogP contribution in [-0.4, -0.2) is 29.9 Å². The smallest absolute Gasteiger partial charge is 0.239 e. The van der Waals surface area contributed by atoms with Gasteiger partial charge in [-0.1, -0.05) is 43.7 Å². The van der Waals surface area contributed by atoms with E-state index in [9.17, 15) is 4.79 Å². The lowest BCUT2D eigenvalue weighted by molar-refractivity contribution is -0.131. The van der Waals surface area contributed by atoms with Crippen molar-refractivity contribution in [3.8, 4) is 0 Å². The van der Waals surface area contributed by atoms with E-state index < -0.39 is 6.04 Å². The summed E-state index contributed by atoms with van der Waals surface area (Å²) < 4.78 is 0. The average Bonchev–Trinajstić information content (AvgIpc) is 2.88. The summed E-state index contributed by atoms with van der Waals surface area (Å²) in [6.45, 7) is 3.98. The van der Waals surface area contributed by atoms with Crippen molar-refractivity contribution in [3.63, 3.8) is 0 Å². The fourth-order valence-electron chi connectivity index (χ4n) is 2.87. The van der Waals surface area contributed by atoms with Gasteiger partial charge in [-0.15, -0.1) is 0 Å². The topological polar surface area (TPSA) is 46.3 Å². The van der Waals surface area contributed by atoms with Crippen LogP contribution in [0, 0.1) is 5.92 Å². The molecule has 0 aliphatic carbocycles. The van der Waals surface area contributed by atoms with E-state index in [1.54, 1.807) is 0 Å². The molecule has 3 heteroatoms. The van der Waals surface area contributed by atoms with E-state index in [1.165, 1.54) is 12.8 Å². The second-order valence-electron chi connectivity index (χ2n) is 5.52. The Hall–Kier alpha value is -1.35. The number of carbonyl (C=O) groups is 1. The summed E-state index contributed by atoms with van der Waals surface area (Å²) in [4.78, 5) is 14.3. The number of amides is 1. The van der Waals surface area contributed by atoms with Gasteiger partial charge in [0.1, 0.15) is 0 Å². The lowest BCUT2D eigenvalue weighted by atomic mass is 10.0. The van der Waals surface area contributed by atoms with Crippen molar-refractivity contribution >= 4 is 5.91 Å². The van der Waals surface area contributed by atoms with Crippen molar-refractivity contribution in [2.75, 3.05) is 13.1 Å². The quantitative estimate of drug-likeness (QED) is 0.882. The van der Waals surface area contributed by atoms with E-state index >= 15 is 0 Å². The Morgan fingerprint density at radius 1 is 1.42 bits per heavy atom. The van der Waals surface area contributed by atoms with Gasteiger partial charge in [0.25, 0.3) is 0 Å². The fraction of sp³-hybridized carbons (Fsp3) is 0.562. The summed E-state index contributed by atoms with van der Waals surface area (Å²) in [7, 11) is 0. The highest BCUT2D eigenvalue weighted by atomic mass is 16.2. The van der Waals surface area contributed by atoms with Crippen LogP contribution in [0.3, 0.4) is 0 Å². The number of hydrogen-bond acceptors (Lipinski definition) is 2. The first-order chi connectivity index (χ1) is 9.20. The second kappa shape index (κ2) is 6.71. The first-order valence-corrected chi connectivity index (χ1v) is 7.29. The van der Waals surface area contributed by atoms with E-state index in [-0.39, 0.29) is 5.91 Å². The third-order valence-electron chi connectivity index (χ3n) is 3.91. The Balaban J connectivity index is 1.86. The van der Waals surface area contributed by atoms with Crippen LogP contribution in [0.15, 0.2) is 30.3 Å². The molecular formula is C16H24N2O. The molecule has 2 rings (SSSR count). The highest BCUT2D eigenvalue weighted by Gasteiger charge is 2.28. The molecule has 3 nitrogen and oxygen atoms in total. The molecular weight excluding hydrogens is 236 g/mol. The van der Waals surface area contributed by atoms with Gasteiger partial charge >= 0.3 is 0 Å². The van der Waals surface area contributed by atoms with Crippen LogP contribution >= 0.6 is 0 Å². The van der Waals surface area contributed by atoms with E-state index in [1.807, 2.05) is 35.2 Å². The van der Waals surface area contributed by atoms with Crippen molar-refractivity contribution in [2.45, 2.75) is 38.6 Å². The number of nitrogens with two attached hydrogens (primary N) is 1. The van der Waals surface area contributed by atoms with Gasteiger partial charge in [0.2, 0.25) is 5.91 Å². The van der Waals surface area contributed by atoms with Crippen LogP contribution in [-0.2, 0) is 11.2 Å². The highest BCUT2D eigenvalue weighted by molar-refractivity contribution is 5.82. The molecule has 0 aromatic heterocycles. The zero-order valence-corrected chi connectivity index (χ0v) is 11.7. The summed E-state index contributed by atoms with van der Waals surface area (Å²) in [5, 5.41) is 0. The van der Waals surface area contributed by atoms with Gasteiger partial charge in [0, 0.05) is 13.1 Å². The summed E-state index contributed by atoms with van der Waals surface area (Å²) in [5.74, 6) is 0.792. The summed E-state index contributed by atoms with van der Waals surface area (Å²) in [6.07, 6.45) is 4.19. The molecule has 1 aromatic rings. The van der Waals surface area contributed by atoms with Gasteiger partial charge in [0.15, 0.2) is 0 Å². The van der Waals surface area contributed by atoms with Gasteiger partial charge in [-0.25, -0.2) is 0 Å². The number of likely N-dealkylation sites (tertiary alicyclic amines) is 1. The van der Waals surface area contributed by atoms with Crippen molar-refractivity contribution in [1.29, 1.82) is 0 Å². The zero-order chi connectivity index (χ0) is 13.7. The molecule has 0 spiro atoms. The minimum atomic E-state index is -0.400. The van der Waals surface area contributed by atoms with E-state index in [4.69, 9.17) is 5.73 Å². The van der Waals surface area contributed by atoms with E-state index in [0.29, 0.717) is 12.3 Å². The summed E-state index contributed by atoms with van der Waals surface area (Å²) >= 11 is 0. The minimum absolute atomic E-state index is 0.113. The lowest BCUT2D eigenvalue weighted by Crippen LogP contribution is -2.43. The molecule has 1 aliphatic heterocycles. The van der Waals surface area contributed by atoms with Crippen LogP contribution in [0.1, 0.15) is 31.7 Å². The molecule has 2 atom stereocenters. The number of carbonyl (C=O) groups excluding carboxylic acids is 1. The Morgan fingerprint density at radius 2 is 2.16 bits per heavy atom. The molecule has 0 radical (unpaired) electrons. The molecule has 1 fully saturated rings. The second-order valence-corrected chi connectivity index (χ2v) is 5.52. The van der Waals surface area contributed by atoms with Crippen LogP contribution in [0.2, 0.25) is 0 Å². The lowest BCUT2D eigenvalue weighted by Gasteiger charge is -2.21. The molecule has 2 N–H and O–H groups in total. The predicted octanol–water partition coefficient (Wildman–Crippen LogP) is 2.21. The van der Waals surface area contributed by atoms with Crippen LogP contribution in [0.5, 0.6) is 0 Å².